The Labute approximate surface area is 155 Å². The lowest BCUT2D eigenvalue weighted by molar-refractivity contribution is -0.136. The number of nitrogens with zero attached hydrogens (tertiary/aromatic N) is 1. The normalized spacial score (nSPS) is 19.3. The Morgan fingerprint density at radius 3 is 2.67 bits per heavy atom. The molecule has 0 aliphatic carbocycles. The summed E-state index contributed by atoms with van der Waals surface area (Å²) >= 11 is 0. The van der Waals surface area contributed by atoms with Crippen LogP contribution in [0.2, 0.25) is 0 Å². The van der Waals surface area contributed by atoms with Gasteiger partial charge >= 0.3 is 0 Å². The number of hydrogen-bond acceptors (Lipinski definition) is 7. The van der Waals surface area contributed by atoms with E-state index in [4.69, 9.17) is 15.2 Å². The molecule has 1 saturated heterocycles. The fourth-order valence-corrected chi connectivity index (χ4v) is 3.10. The second-order valence-corrected chi connectivity index (χ2v) is 6.23. The molecule has 2 heterocycles. The van der Waals surface area contributed by atoms with Gasteiger partial charge in [0, 0.05) is 13.0 Å². The largest absolute Gasteiger partial charge is 0.490 e. The summed E-state index contributed by atoms with van der Waals surface area (Å²) in [6.07, 6.45) is 0.934. The zero-order valence-corrected chi connectivity index (χ0v) is 14.7. The molecule has 1 aromatic carbocycles. The number of fused-ring (bicyclic) bond motifs is 1. The van der Waals surface area contributed by atoms with E-state index < -0.39 is 29.7 Å². The first kappa shape index (κ1) is 19.0. The molecule has 0 radical (unpaired) electrons. The van der Waals surface area contributed by atoms with Crippen LogP contribution in [-0.2, 0) is 14.3 Å². The Bertz CT molecular complexity index is 778. The average Bonchev–Trinajstić information content (AvgIpc) is 2.90. The number of carbonyl (C=O) groups excluding carboxylic acids is 4. The molecule has 1 aromatic rings. The molecule has 0 spiro atoms. The molecule has 144 valence electrons. The molecule has 0 aromatic heterocycles. The van der Waals surface area contributed by atoms with E-state index in [0.717, 1.165) is 11.3 Å². The number of imide groups is 2. The molecule has 2 aliphatic heterocycles. The van der Waals surface area contributed by atoms with Crippen LogP contribution in [0.3, 0.4) is 0 Å². The highest BCUT2D eigenvalue weighted by molar-refractivity contribution is 6.24. The van der Waals surface area contributed by atoms with Crippen molar-refractivity contribution >= 4 is 23.6 Å². The van der Waals surface area contributed by atoms with Crippen LogP contribution < -0.4 is 15.8 Å². The van der Waals surface area contributed by atoms with Crippen LogP contribution in [0.4, 0.5) is 0 Å². The van der Waals surface area contributed by atoms with Crippen LogP contribution in [-0.4, -0.2) is 60.9 Å². The van der Waals surface area contributed by atoms with Gasteiger partial charge in [-0.05, 0) is 31.5 Å². The number of benzene rings is 1. The number of rotatable bonds is 8. The van der Waals surface area contributed by atoms with Crippen molar-refractivity contribution in [3.05, 3.63) is 29.3 Å². The van der Waals surface area contributed by atoms with Gasteiger partial charge in [-0.1, -0.05) is 6.07 Å². The Balaban J connectivity index is 1.72. The zero-order chi connectivity index (χ0) is 19.4. The first-order valence-electron chi connectivity index (χ1n) is 8.79. The fraction of sp³-hybridized carbons (Fsp3) is 0.444. The Kier molecular flexibility index (Phi) is 5.82. The standard InChI is InChI=1S/C18H21N3O6/c19-7-2-8-26-9-10-27-13-4-1-3-11-15(13)18(25)21(17(11)24)12-5-6-14(22)20-16(12)23/h1,3-4,12H,2,5-10,19H2,(H,20,22,23). The highest BCUT2D eigenvalue weighted by Crippen LogP contribution is 2.33. The molecule has 9 nitrogen and oxygen atoms in total. The minimum atomic E-state index is -0.998. The van der Waals surface area contributed by atoms with Crippen LogP contribution in [0.15, 0.2) is 18.2 Å². The van der Waals surface area contributed by atoms with Gasteiger partial charge in [0.25, 0.3) is 11.8 Å². The Morgan fingerprint density at radius 2 is 1.93 bits per heavy atom. The lowest BCUT2D eigenvalue weighted by atomic mass is 10.0. The summed E-state index contributed by atoms with van der Waals surface area (Å²) in [5.41, 5.74) is 5.70. The molecule has 9 heteroatoms. The third-order valence-corrected chi connectivity index (χ3v) is 4.41. The summed E-state index contributed by atoms with van der Waals surface area (Å²) in [4.78, 5) is 49.8. The lowest BCUT2D eigenvalue weighted by Crippen LogP contribution is -2.54. The number of ether oxygens (including phenoxy) is 2. The molecule has 3 rings (SSSR count). The predicted molar refractivity (Wildman–Crippen MR) is 93.1 cm³/mol. The van der Waals surface area contributed by atoms with E-state index in [9.17, 15) is 19.2 Å². The molecule has 0 saturated carbocycles. The van der Waals surface area contributed by atoms with Gasteiger partial charge in [-0.15, -0.1) is 0 Å². The molecule has 1 unspecified atom stereocenters. The van der Waals surface area contributed by atoms with Crippen molar-refractivity contribution < 1.29 is 28.7 Å². The van der Waals surface area contributed by atoms with E-state index in [0.29, 0.717) is 19.8 Å². The quantitative estimate of drug-likeness (QED) is 0.477. The number of nitrogens with two attached hydrogens (primary N) is 1. The topological polar surface area (TPSA) is 128 Å². The SMILES string of the molecule is NCCCOCCOc1cccc2c1C(=O)N(C1CCC(=O)NC1=O)C2=O. The van der Waals surface area contributed by atoms with E-state index in [2.05, 4.69) is 5.32 Å². The monoisotopic (exact) mass is 375 g/mol. The summed E-state index contributed by atoms with van der Waals surface area (Å²) in [6, 6.07) is 3.73. The minimum absolute atomic E-state index is 0.0767. The third-order valence-electron chi connectivity index (χ3n) is 4.41. The van der Waals surface area contributed by atoms with Gasteiger partial charge in [0.1, 0.15) is 18.4 Å². The summed E-state index contributed by atoms with van der Waals surface area (Å²) in [6.45, 7) is 1.59. The maximum atomic E-state index is 12.8. The van der Waals surface area contributed by atoms with Gasteiger partial charge < -0.3 is 15.2 Å². The fourth-order valence-electron chi connectivity index (χ4n) is 3.10. The molecule has 0 bridgehead atoms. The van der Waals surface area contributed by atoms with Crippen molar-refractivity contribution in [1.29, 1.82) is 0 Å². The summed E-state index contributed by atoms with van der Waals surface area (Å²) in [7, 11) is 0. The van der Waals surface area contributed by atoms with Crippen LogP contribution in [0.5, 0.6) is 5.75 Å². The van der Waals surface area contributed by atoms with E-state index in [1.165, 1.54) is 6.07 Å². The summed E-state index contributed by atoms with van der Waals surface area (Å²) < 4.78 is 11.0. The van der Waals surface area contributed by atoms with Crippen LogP contribution in [0.25, 0.3) is 0 Å². The minimum Gasteiger partial charge on any atom is -0.490 e. The number of amides is 4. The average molecular weight is 375 g/mol. The molecular weight excluding hydrogens is 354 g/mol. The van der Waals surface area contributed by atoms with Gasteiger partial charge in [-0.2, -0.15) is 0 Å². The zero-order valence-electron chi connectivity index (χ0n) is 14.7. The second-order valence-electron chi connectivity index (χ2n) is 6.23. The first-order valence-corrected chi connectivity index (χ1v) is 8.79. The van der Waals surface area contributed by atoms with Crippen LogP contribution in [0, 0.1) is 0 Å². The Morgan fingerprint density at radius 1 is 1.11 bits per heavy atom. The van der Waals surface area contributed by atoms with Crippen molar-refractivity contribution in [2.24, 2.45) is 5.73 Å². The molecular formula is C18H21N3O6. The van der Waals surface area contributed by atoms with E-state index in [1.807, 2.05) is 0 Å². The van der Waals surface area contributed by atoms with Gasteiger partial charge in [-0.25, -0.2) is 0 Å². The number of hydrogen-bond donors (Lipinski definition) is 2. The van der Waals surface area contributed by atoms with Crippen molar-refractivity contribution in [3.8, 4) is 5.75 Å². The van der Waals surface area contributed by atoms with E-state index in [1.54, 1.807) is 12.1 Å². The third kappa shape index (κ3) is 3.83. The van der Waals surface area contributed by atoms with Crippen molar-refractivity contribution in [2.75, 3.05) is 26.4 Å². The van der Waals surface area contributed by atoms with E-state index in [-0.39, 0.29) is 36.3 Å². The van der Waals surface area contributed by atoms with Crippen molar-refractivity contribution in [1.82, 2.24) is 10.2 Å². The second kappa shape index (κ2) is 8.28. The number of piperidine rings is 1. The molecule has 27 heavy (non-hydrogen) atoms. The molecule has 1 atom stereocenters. The predicted octanol–water partition coefficient (Wildman–Crippen LogP) is -0.168. The van der Waals surface area contributed by atoms with Gasteiger partial charge in [0.05, 0.1) is 17.7 Å². The van der Waals surface area contributed by atoms with Crippen molar-refractivity contribution in [2.45, 2.75) is 25.3 Å². The maximum absolute atomic E-state index is 12.8. The molecule has 2 aliphatic rings. The molecule has 1 fully saturated rings. The van der Waals surface area contributed by atoms with Gasteiger partial charge in [0.2, 0.25) is 11.8 Å². The number of nitrogens with one attached hydrogen (secondary N) is 1. The van der Waals surface area contributed by atoms with Gasteiger partial charge in [-0.3, -0.25) is 29.4 Å². The lowest BCUT2D eigenvalue weighted by Gasteiger charge is -2.27. The molecule has 4 amide bonds. The van der Waals surface area contributed by atoms with Gasteiger partial charge in [0.15, 0.2) is 0 Å². The van der Waals surface area contributed by atoms with Crippen LogP contribution in [0.1, 0.15) is 40.0 Å². The highest BCUT2D eigenvalue weighted by atomic mass is 16.5. The Hall–Kier alpha value is -2.78. The summed E-state index contributed by atoms with van der Waals surface area (Å²) in [5, 5.41) is 2.17. The van der Waals surface area contributed by atoms with Crippen LogP contribution >= 0.6 is 0 Å². The highest BCUT2D eigenvalue weighted by Gasteiger charge is 2.45. The van der Waals surface area contributed by atoms with E-state index >= 15 is 0 Å². The summed E-state index contributed by atoms with van der Waals surface area (Å²) in [5.74, 6) is -1.94. The number of carbonyl (C=O) groups is 4. The maximum Gasteiger partial charge on any atom is 0.266 e. The molecule has 3 N–H and O–H groups in total. The first-order chi connectivity index (χ1) is 13.0. The smallest absolute Gasteiger partial charge is 0.266 e. The van der Waals surface area contributed by atoms with Crippen molar-refractivity contribution in [3.63, 3.8) is 0 Å².